The molecule has 1 aliphatic heterocycles. The Labute approximate surface area is 145 Å². The van der Waals surface area contributed by atoms with Gasteiger partial charge in [0.1, 0.15) is 13.2 Å². The molecule has 3 aromatic rings. The van der Waals surface area contributed by atoms with Gasteiger partial charge in [-0.15, -0.1) is 0 Å². The van der Waals surface area contributed by atoms with Crippen molar-refractivity contribution in [1.82, 2.24) is 5.48 Å². The molecule has 0 aliphatic carbocycles. The Morgan fingerprint density at radius 3 is 2.64 bits per heavy atom. The number of hydrogen-bond acceptors (Lipinski definition) is 4. The van der Waals surface area contributed by atoms with E-state index >= 15 is 0 Å². The maximum absolute atomic E-state index is 11.3. The highest BCUT2D eigenvalue weighted by atomic mass is 16.7. The summed E-state index contributed by atoms with van der Waals surface area (Å²) >= 11 is 0. The van der Waals surface area contributed by atoms with Crippen LogP contribution in [0.1, 0.15) is 6.92 Å². The van der Waals surface area contributed by atoms with Crippen molar-refractivity contribution in [1.29, 1.82) is 0 Å². The van der Waals surface area contributed by atoms with Crippen molar-refractivity contribution in [3.05, 3.63) is 54.6 Å². The van der Waals surface area contributed by atoms with Crippen LogP contribution in [0.4, 0.5) is 0 Å². The lowest BCUT2D eigenvalue weighted by Gasteiger charge is -2.20. The van der Waals surface area contributed by atoms with Crippen molar-refractivity contribution < 1.29 is 19.1 Å². The third-order valence-corrected chi connectivity index (χ3v) is 4.03. The van der Waals surface area contributed by atoms with E-state index in [1.807, 2.05) is 54.6 Å². The van der Waals surface area contributed by atoms with Crippen LogP contribution in [0.5, 0.6) is 17.2 Å². The molecule has 0 atom stereocenters. The maximum atomic E-state index is 11.3. The first kappa shape index (κ1) is 15.3. The summed E-state index contributed by atoms with van der Waals surface area (Å²) in [6, 6.07) is 17.7. The lowest BCUT2D eigenvalue weighted by atomic mass is 9.99. The average molecular weight is 335 g/mol. The second-order valence-electron chi connectivity index (χ2n) is 5.78. The summed E-state index contributed by atoms with van der Waals surface area (Å²) in [5, 5.41) is 1.95. The molecule has 0 bridgehead atoms. The Kier molecular flexibility index (Phi) is 3.90. The van der Waals surface area contributed by atoms with Crippen molar-refractivity contribution >= 4 is 16.7 Å². The number of hydrogen-bond donors (Lipinski definition) is 1. The summed E-state index contributed by atoms with van der Waals surface area (Å²) < 4.78 is 11.3. The average Bonchev–Trinajstić information content (AvgIpc) is 2.65. The molecule has 0 aromatic heterocycles. The van der Waals surface area contributed by atoms with Gasteiger partial charge in [0.25, 0.3) is 0 Å². The molecule has 0 unspecified atom stereocenters. The minimum atomic E-state index is -0.263. The molecule has 3 aromatic carbocycles. The number of carbonyl (C=O) groups is 1. The first-order valence-corrected chi connectivity index (χ1v) is 8.07. The van der Waals surface area contributed by atoms with Crippen molar-refractivity contribution in [2.75, 3.05) is 13.2 Å². The highest BCUT2D eigenvalue weighted by molar-refractivity contribution is 5.95. The number of nitrogens with one attached hydrogen (secondary N) is 1. The number of fused-ring (bicyclic) bond motifs is 2. The van der Waals surface area contributed by atoms with Gasteiger partial charge in [0.05, 0.1) is 0 Å². The van der Waals surface area contributed by atoms with Crippen LogP contribution in [-0.2, 0) is 4.79 Å². The molecule has 1 amide bonds. The van der Waals surface area contributed by atoms with Gasteiger partial charge < -0.3 is 14.3 Å². The number of benzene rings is 3. The lowest BCUT2D eigenvalue weighted by molar-refractivity contribution is -0.125. The zero-order valence-corrected chi connectivity index (χ0v) is 13.7. The van der Waals surface area contributed by atoms with Crippen molar-refractivity contribution in [2.45, 2.75) is 6.92 Å². The summed E-state index contributed by atoms with van der Waals surface area (Å²) in [4.78, 5) is 17.0. The van der Waals surface area contributed by atoms with E-state index in [1.165, 1.54) is 6.92 Å². The molecule has 0 fully saturated rings. The first-order valence-electron chi connectivity index (χ1n) is 8.07. The third-order valence-electron chi connectivity index (χ3n) is 4.03. The molecule has 25 heavy (non-hydrogen) atoms. The number of rotatable bonds is 3. The third kappa shape index (κ3) is 2.96. The smallest absolute Gasteiger partial charge is 0.249 e. The molecular weight excluding hydrogens is 318 g/mol. The molecule has 5 heteroatoms. The van der Waals surface area contributed by atoms with Crippen LogP contribution in [0.15, 0.2) is 54.6 Å². The quantitative estimate of drug-likeness (QED) is 0.742. The van der Waals surface area contributed by atoms with E-state index in [9.17, 15) is 4.79 Å². The second-order valence-corrected chi connectivity index (χ2v) is 5.78. The Morgan fingerprint density at radius 2 is 1.80 bits per heavy atom. The maximum Gasteiger partial charge on any atom is 0.249 e. The highest BCUT2D eigenvalue weighted by Gasteiger charge is 2.16. The van der Waals surface area contributed by atoms with E-state index in [2.05, 4.69) is 5.48 Å². The summed E-state index contributed by atoms with van der Waals surface area (Å²) in [6.07, 6.45) is 0. The van der Waals surface area contributed by atoms with Gasteiger partial charge in [-0.3, -0.25) is 4.79 Å². The summed E-state index contributed by atoms with van der Waals surface area (Å²) in [5.41, 5.74) is 4.22. The molecule has 1 heterocycles. The fraction of sp³-hybridized carbons (Fsp3) is 0.150. The molecule has 0 radical (unpaired) electrons. The van der Waals surface area contributed by atoms with E-state index in [4.69, 9.17) is 14.3 Å². The number of amides is 1. The normalized spacial score (nSPS) is 12.7. The van der Waals surface area contributed by atoms with Crippen LogP contribution < -0.4 is 19.8 Å². The predicted octanol–water partition coefficient (Wildman–Crippen LogP) is 3.71. The van der Waals surface area contributed by atoms with E-state index in [0.717, 1.165) is 27.6 Å². The van der Waals surface area contributed by atoms with E-state index in [1.54, 1.807) is 0 Å². The van der Waals surface area contributed by atoms with Gasteiger partial charge in [0, 0.05) is 17.9 Å². The monoisotopic (exact) mass is 335 g/mol. The summed E-state index contributed by atoms with van der Waals surface area (Å²) in [6.45, 7) is 2.50. The highest BCUT2D eigenvalue weighted by Crippen LogP contribution is 2.40. The van der Waals surface area contributed by atoms with Gasteiger partial charge in [-0.05, 0) is 29.1 Å². The molecule has 1 aliphatic rings. The largest absolute Gasteiger partial charge is 0.486 e. The number of hydroxylamine groups is 1. The van der Waals surface area contributed by atoms with Crippen LogP contribution in [0.25, 0.3) is 21.9 Å². The minimum Gasteiger partial charge on any atom is -0.486 e. The number of ether oxygens (including phenoxy) is 2. The molecule has 0 spiro atoms. The van der Waals surface area contributed by atoms with E-state index < -0.39 is 0 Å². The fourth-order valence-corrected chi connectivity index (χ4v) is 2.91. The van der Waals surface area contributed by atoms with Crippen LogP contribution >= 0.6 is 0 Å². The second kappa shape index (κ2) is 6.36. The SMILES string of the molecule is CC(=O)NOc1c(-c2ccc3c(c2)OCCO3)ccc2ccccc12. The summed E-state index contributed by atoms with van der Waals surface area (Å²) in [5.74, 6) is 1.79. The van der Waals surface area contributed by atoms with Crippen LogP contribution in [0.3, 0.4) is 0 Å². The zero-order valence-electron chi connectivity index (χ0n) is 13.7. The predicted molar refractivity (Wildman–Crippen MR) is 94.8 cm³/mol. The topological polar surface area (TPSA) is 56.8 Å². The minimum absolute atomic E-state index is 0.263. The Hall–Kier alpha value is -3.21. The molecule has 4 rings (SSSR count). The zero-order chi connectivity index (χ0) is 17.2. The van der Waals surface area contributed by atoms with Gasteiger partial charge in [0.2, 0.25) is 5.91 Å². The van der Waals surface area contributed by atoms with Gasteiger partial charge in [-0.1, -0.05) is 36.4 Å². The van der Waals surface area contributed by atoms with Crippen LogP contribution in [0, 0.1) is 0 Å². The molecular formula is C20H17NO4. The standard InChI is InChI=1S/C20H17NO4/c1-13(22)21-25-20-16-5-3-2-4-14(16)6-8-17(20)15-7-9-18-19(12-15)24-11-10-23-18/h2-9,12H,10-11H2,1H3,(H,21,22). The molecule has 1 N–H and O–H groups in total. The van der Waals surface area contributed by atoms with E-state index in [0.29, 0.717) is 24.7 Å². The molecule has 126 valence electrons. The van der Waals surface area contributed by atoms with Crippen LogP contribution in [-0.4, -0.2) is 19.1 Å². The Balaban J connectivity index is 1.85. The summed E-state index contributed by atoms with van der Waals surface area (Å²) in [7, 11) is 0. The Bertz CT molecular complexity index is 952. The first-order chi connectivity index (χ1) is 12.2. The van der Waals surface area contributed by atoms with Gasteiger partial charge >= 0.3 is 0 Å². The molecule has 5 nitrogen and oxygen atoms in total. The van der Waals surface area contributed by atoms with Gasteiger partial charge in [-0.25, -0.2) is 0 Å². The van der Waals surface area contributed by atoms with Gasteiger partial charge in [0.15, 0.2) is 17.2 Å². The van der Waals surface area contributed by atoms with E-state index in [-0.39, 0.29) is 5.91 Å². The lowest BCUT2D eigenvalue weighted by Crippen LogP contribution is -2.24. The molecule has 0 saturated carbocycles. The molecule has 0 saturated heterocycles. The Morgan fingerprint density at radius 1 is 1.00 bits per heavy atom. The van der Waals surface area contributed by atoms with Crippen molar-refractivity contribution in [3.8, 4) is 28.4 Å². The fourth-order valence-electron chi connectivity index (χ4n) is 2.91. The van der Waals surface area contributed by atoms with Crippen molar-refractivity contribution in [3.63, 3.8) is 0 Å². The number of carbonyl (C=O) groups excluding carboxylic acids is 1. The van der Waals surface area contributed by atoms with Crippen LogP contribution in [0.2, 0.25) is 0 Å². The van der Waals surface area contributed by atoms with Gasteiger partial charge in [-0.2, -0.15) is 5.48 Å². The van der Waals surface area contributed by atoms with Crippen molar-refractivity contribution in [2.24, 2.45) is 0 Å².